The highest BCUT2D eigenvalue weighted by molar-refractivity contribution is 5.91. The Balaban J connectivity index is 4.08. The predicted octanol–water partition coefficient (Wildman–Crippen LogP) is 4.77. The zero-order valence-electron chi connectivity index (χ0n) is 16.8. The fourth-order valence-electron chi connectivity index (χ4n) is 1.64. The van der Waals surface area contributed by atoms with Crippen LogP contribution in [0.4, 0.5) is 0 Å². The molecule has 0 aliphatic heterocycles. The fourth-order valence-corrected chi connectivity index (χ4v) is 1.64. The van der Waals surface area contributed by atoms with Gasteiger partial charge in [0.25, 0.3) is 0 Å². The van der Waals surface area contributed by atoms with Crippen molar-refractivity contribution in [3.8, 4) is 0 Å². The normalized spacial score (nSPS) is 12.9. The van der Waals surface area contributed by atoms with Crippen molar-refractivity contribution < 1.29 is 19.1 Å². The van der Waals surface area contributed by atoms with Crippen LogP contribution in [0.15, 0.2) is 12.2 Å². The standard InChI is InChI=1S/C20H36O4/c1-15(2)19(5,6)11-13-23-17(21)9-10-18(22)24-14-12-20(7,8)16(3)4/h9-10,15-16H,11-14H2,1-8H3/b10-9-. The average molecular weight is 341 g/mol. The number of carbonyl (C=O) groups excluding carboxylic acids is 2. The van der Waals surface area contributed by atoms with Crippen LogP contribution in [0.25, 0.3) is 0 Å². The van der Waals surface area contributed by atoms with Crippen molar-refractivity contribution in [1.29, 1.82) is 0 Å². The van der Waals surface area contributed by atoms with E-state index in [1.54, 1.807) is 0 Å². The quantitative estimate of drug-likeness (QED) is 0.424. The van der Waals surface area contributed by atoms with Crippen LogP contribution in [0, 0.1) is 22.7 Å². The third-order valence-electron chi connectivity index (χ3n) is 5.46. The van der Waals surface area contributed by atoms with Gasteiger partial charge >= 0.3 is 11.9 Å². The molecule has 24 heavy (non-hydrogen) atoms. The van der Waals surface area contributed by atoms with Gasteiger partial charge in [-0.05, 0) is 35.5 Å². The Morgan fingerprint density at radius 1 is 0.750 bits per heavy atom. The summed E-state index contributed by atoms with van der Waals surface area (Å²) in [6.07, 6.45) is 3.86. The van der Waals surface area contributed by atoms with Crippen LogP contribution in [0.3, 0.4) is 0 Å². The second kappa shape index (κ2) is 9.85. The molecule has 0 unspecified atom stereocenters. The van der Waals surface area contributed by atoms with Crippen molar-refractivity contribution in [2.75, 3.05) is 13.2 Å². The molecule has 0 aromatic carbocycles. The molecule has 140 valence electrons. The molecule has 0 aromatic heterocycles. The summed E-state index contributed by atoms with van der Waals surface area (Å²) in [7, 11) is 0. The Morgan fingerprint density at radius 2 is 1.04 bits per heavy atom. The van der Waals surface area contributed by atoms with Gasteiger partial charge in [0.2, 0.25) is 0 Å². The summed E-state index contributed by atoms with van der Waals surface area (Å²) in [6.45, 7) is 17.9. The fraction of sp³-hybridized carbons (Fsp3) is 0.800. The van der Waals surface area contributed by atoms with E-state index in [1.807, 2.05) is 0 Å². The molecule has 0 atom stereocenters. The minimum absolute atomic E-state index is 0.117. The van der Waals surface area contributed by atoms with Gasteiger partial charge in [-0.1, -0.05) is 55.4 Å². The van der Waals surface area contributed by atoms with Gasteiger partial charge in [0.1, 0.15) is 0 Å². The van der Waals surface area contributed by atoms with Crippen molar-refractivity contribution in [3.63, 3.8) is 0 Å². The van der Waals surface area contributed by atoms with Crippen molar-refractivity contribution in [3.05, 3.63) is 12.2 Å². The Morgan fingerprint density at radius 3 is 1.29 bits per heavy atom. The molecule has 0 radical (unpaired) electrons. The van der Waals surface area contributed by atoms with E-state index in [-0.39, 0.29) is 10.8 Å². The zero-order chi connectivity index (χ0) is 19.0. The summed E-state index contributed by atoms with van der Waals surface area (Å²) < 4.78 is 10.3. The first kappa shape index (κ1) is 22.7. The Kier molecular flexibility index (Phi) is 9.31. The molecule has 0 amide bonds. The van der Waals surface area contributed by atoms with Gasteiger partial charge in [-0.3, -0.25) is 0 Å². The zero-order valence-corrected chi connectivity index (χ0v) is 16.8. The van der Waals surface area contributed by atoms with Gasteiger partial charge < -0.3 is 9.47 Å². The Hall–Kier alpha value is -1.32. The van der Waals surface area contributed by atoms with Crippen LogP contribution < -0.4 is 0 Å². The molecule has 0 fully saturated rings. The number of rotatable bonds is 10. The molecule has 0 aromatic rings. The monoisotopic (exact) mass is 340 g/mol. The van der Waals surface area contributed by atoms with Gasteiger partial charge in [-0.25, -0.2) is 9.59 Å². The Labute approximate surface area is 148 Å². The van der Waals surface area contributed by atoms with Crippen LogP contribution in [0.5, 0.6) is 0 Å². The summed E-state index contributed by atoms with van der Waals surface area (Å²) in [4.78, 5) is 23.2. The van der Waals surface area contributed by atoms with E-state index >= 15 is 0 Å². The number of carbonyl (C=O) groups is 2. The number of hydrogen-bond acceptors (Lipinski definition) is 4. The van der Waals surface area contributed by atoms with Crippen LogP contribution in [0.2, 0.25) is 0 Å². The molecule has 0 rings (SSSR count). The lowest BCUT2D eigenvalue weighted by Crippen LogP contribution is -2.22. The van der Waals surface area contributed by atoms with Crippen LogP contribution in [0.1, 0.15) is 68.2 Å². The maximum atomic E-state index is 11.6. The van der Waals surface area contributed by atoms with Gasteiger partial charge in [-0.2, -0.15) is 0 Å². The molecule has 0 heterocycles. The predicted molar refractivity (Wildman–Crippen MR) is 97.5 cm³/mol. The third-order valence-corrected chi connectivity index (χ3v) is 5.46. The van der Waals surface area contributed by atoms with E-state index < -0.39 is 11.9 Å². The maximum absolute atomic E-state index is 11.6. The van der Waals surface area contributed by atoms with Crippen LogP contribution >= 0.6 is 0 Å². The van der Waals surface area contributed by atoms with E-state index in [4.69, 9.17) is 9.47 Å². The van der Waals surface area contributed by atoms with Crippen LogP contribution in [-0.4, -0.2) is 25.2 Å². The molecule has 0 spiro atoms. The van der Waals surface area contributed by atoms with E-state index in [9.17, 15) is 9.59 Å². The average Bonchev–Trinajstić information content (AvgIpc) is 2.44. The van der Waals surface area contributed by atoms with Gasteiger partial charge in [0.15, 0.2) is 0 Å². The minimum atomic E-state index is -0.506. The van der Waals surface area contributed by atoms with E-state index in [0.29, 0.717) is 25.0 Å². The maximum Gasteiger partial charge on any atom is 0.331 e. The van der Waals surface area contributed by atoms with Gasteiger partial charge in [0, 0.05) is 12.2 Å². The number of hydrogen-bond donors (Lipinski definition) is 0. The number of ether oxygens (including phenoxy) is 2. The van der Waals surface area contributed by atoms with E-state index in [2.05, 4.69) is 55.4 Å². The first-order valence-electron chi connectivity index (χ1n) is 8.90. The molecular weight excluding hydrogens is 304 g/mol. The first-order valence-corrected chi connectivity index (χ1v) is 8.90. The molecule has 4 heteroatoms. The minimum Gasteiger partial charge on any atom is -0.463 e. The largest absolute Gasteiger partial charge is 0.463 e. The number of esters is 2. The van der Waals surface area contributed by atoms with E-state index in [1.165, 1.54) is 0 Å². The molecule has 0 aliphatic carbocycles. The molecule has 4 nitrogen and oxygen atoms in total. The molecule has 0 N–H and O–H groups in total. The van der Waals surface area contributed by atoms with Crippen molar-refractivity contribution in [1.82, 2.24) is 0 Å². The summed E-state index contributed by atoms with van der Waals surface area (Å²) in [5, 5.41) is 0. The second-order valence-corrected chi connectivity index (χ2v) is 8.45. The highest BCUT2D eigenvalue weighted by Gasteiger charge is 2.23. The van der Waals surface area contributed by atoms with Gasteiger partial charge in [0.05, 0.1) is 13.2 Å². The summed E-state index contributed by atoms with van der Waals surface area (Å²) in [5.74, 6) is 0.0108. The van der Waals surface area contributed by atoms with Crippen LogP contribution in [-0.2, 0) is 19.1 Å². The lowest BCUT2D eigenvalue weighted by atomic mass is 9.79. The highest BCUT2D eigenvalue weighted by atomic mass is 16.5. The second-order valence-electron chi connectivity index (χ2n) is 8.45. The van der Waals surface area contributed by atoms with E-state index in [0.717, 1.165) is 25.0 Å². The molecule has 0 bridgehead atoms. The van der Waals surface area contributed by atoms with Gasteiger partial charge in [-0.15, -0.1) is 0 Å². The highest BCUT2D eigenvalue weighted by Crippen LogP contribution is 2.30. The topological polar surface area (TPSA) is 52.6 Å². The molecule has 0 aliphatic rings. The summed E-state index contributed by atoms with van der Waals surface area (Å²) >= 11 is 0. The summed E-state index contributed by atoms with van der Waals surface area (Å²) in [5.41, 5.74) is 0.234. The molecular formula is C20H36O4. The smallest absolute Gasteiger partial charge is 0.331 e. The molecule has 0 saturated carbocycles. The Bertz CT molecular complexity index is 391. The summed E-state index contributed by atoms with van der Waals surface area (Å²) in [6, 6.07) is 0. The SMILES string of the molecule is CC(C)C(C)(C)CCOC(=O)/C=C\C(=O)OCCC(C)(C)C(C)C. The van der Waals surface area contributed by atoms with Crippen molar-refractivity contribution in [2.24, 2.45) is 22.7 Å². The lowest BCUT2D eigenvalue weighted by Gasteiger charge is -2.28. The lowest BCUT2D eigenvalue weighted by molar-refractivity contribution is -0.141. The first-order chi connectivity index (χ1) is 10.9. The third kappa shape index (κ3) is 9.09. The van der Waals surface area contributed by atoms with Crippen molar-refractivity contribution in [2.45, 2.75) is 68.2 Å². The molecule has 0 saturated heterocycles. The van der Waals surface area contributed by atoms with Crippen molar-refractivity contribution >= 4 is 11.9 Å².